The highest BCUT2D eigenvalue weighted by molar-refractivity contribution is 5.45. The molecule has 1 heterocycles. The quantitative estimate of drug-likeness (QED) is 0.728. The molecule has 0 aliphatic heterocycles. The molecule has 1 atom stereocenters. The highest BCUT2D eigenvalue weighted by atomic mass is 19.1. The van der Waals surface area contributed by atoms with Crippen LogP contribution in [0.25, 0.3) is 6.08 Å². The van der Waals surface area contributed by atoms with E-state index in [1.54, 1.807) is 19.2 Å². The first-order valence-electron chi connectivity index (χ1n) is 3.68. The van der Waals surface area contributed by atoms with Crippen LogP contribution in [-0.2, 0) is 0 Å². The summed E-state index contributed by atoms with van der Waals surface area (Å²) in [6.07, 6.45) is 3.09. The van der Waals surface area contributed by atoms with Gasteiger partial charge in [0.1, 0.15) is 5.82 Å². The largest absolute Gasteiger partial charge is 0.323 e. The molecule has 64 valence electrons. The van der Waals surface area contributed by atoms with E-state index in [4.69, 9.17) is 5.73 Å². The number of rotatable bonds is 2. The first kappa shape index (κ1) is 8.87. The summed E-state index contributed by atoms with van der Waals surface area (Å²) in [6.45, 7) is 5.20. The summed E-state index contributed by atoms with van der Waals surface area (Å²) in [5, 5.41) is 0. The average molecular weight is 166 g/mol. The number of nitrogens with zero attached hydrogens (tertiary/aromatic N) is 1. The van der Waals surface area contributed by atoms with Crippen LogP contribution >= 0.6 is 0 Å². The summed E-state index contributed by atoms with van der Waals surface area (Å²) in [7, 11) is 0. The molecule has 0 bridgehead atoms. The van der Waals surface area contributed by atoms with Crippen molar-refractivity contribution in [3.05, 3.63) is 35.9 Å². The number of pyridine rings is 1. The molecule has 0 aliphatic rings. The Morgan fingerprint density at radius 1 is 1.75 bits per heavy atom. The van der Waals surface area contributed by atoms with Crippen LogP contribution in [0.2, 0.25) is 0 Å². The van der Waals surface area contributed by atoms with Gasteiger partial charge in [-0.05, 0) is 18.6 Å². The topological polar surface area (TPSA) is 38.9 Å². The Hall–Kier alpha value is -1.22. The number of halogens is 1. The summed E-state index contributed by atoms with van der Waals surface area (Å²) in [6, 6.07) is 1.00. The molecule has 1 rings (SSSR count). The highest BCUT2D eigenvalue weighted by Gasteiger charge is 2.07. The van der Waals surface area contributed by atoms with Crippen molar-refractivity contribution in [2.24, 2.45) is 5.73 Å². The molecule has 0 amide bonds. The normalized spacial score (nSPS) is 12.6. The van der Waals surface area contributed by atoms with E-state index >= 15 is 0 Å². The second kappa shape index (κ2) is 3.45. The first-order chi connectivity index (χ1) is 5.65. The van der Waals surface area contributed by atoms with Crippen LogP contribution in [-0.4, -0.2) is 4.98 Å². The Balaban J connectivity index is 3.11. The monoisotopic (exact) mass is 166 g/mol. The molecule has 3 heteroatoms. The van der Waals surface area contributed by atoms with Crippen LogP contribution in [0.15, 0.2) is 18.8 Å². The lowest BCUT2D eigenvalue weighted by Crippen LogP contribution is -2.09. The van der Waals surface area contributed by atoms with Crippen molar-refractivity contribution in [1.29, 1.82) is 0 Å². The van der Waals surface area contributed by atoms with Crippen molar-refractivity contribution in [2.75, 3.05) is 0 Å². The lowest BCUT2D eigenvalue weighted by molar-refractivity contribution is 0.579. The highest BCUT2D eigenvalue weighted by Crippen LogP contribution is 2.13. The molecule has 2 nitrogen and oxygen atoms in total. The minimum Gasteiger partial charge on any atom is -0.323 e. The van der Waals surface area contributed by atoms with Crippen molar-refractivity contribution in [1.82, 2.24) is 4.98 Å². The second-order valence-electron chi connectivity index (χ2n) is 2.63. The fraction of sp³-hybridized carbons (Fsp3) is 0.222. The van der Waals surface area contributed by atoms with Crippen molar-refractivity contribution >= 4 is 6.08 Å². The predicted octanol–water partition coefficient (Wildman–Crippen LogP) is 1.88. The number of aromatic nitrogens is 1. The van der Waals surface area contributed by atoms with E-state index in [9.17, 15) is 4.39 Å². The molecule has 2 N–H and O–H groups in total. The van der Waals surface area contributed by atoms with Gasteiger partial charge in [0.25, 0.3) is 0 Å². The van der Waals surface area contributed by atoms with E-state index in [0.29, 0.717) is 11.3 Å². The fourth-order valence-electron chi connectivity index (χ4n) is 0.910. The Morgan fingerprint density at radius 2 is 2.42 bits per heavy atom. The predicted molar refractivity (Wildman–Crippen MR) is 46.9 cm³/mol. The zero-order chi connectivity index (χ0) is 9.14. The summed E-state index contributed by atoms with van der Waals surface area (Å²) in [5.41, 5.74) is 6.43. The van der Waals surface area contributed by atoms with Gasteiger partial charge in [0.15, 0.2) is 0 Å². The number of hydrogen-bond donors (Lipinski definition) is 1. The molecule has 12 heavy (non-hydrogen) atoms. The van der Waals surface area contributed by atoms with Crippen molar-refractivity contribution in [2.45, 2.75) is 13.0 Å². The maximum absolute atomic E-state index is 13.1. The second-order valence-corrected chi connectivity index (χ2v) is 2.63. The van der Waals surface area contributed by atoms with Gasteiger partial charge < -0.3 is 5.73 Å². The fourth-order valence-corrected chi connectivity index (χ4v) is 0.910. The van der Waals surface area contributed by atoms with Gasteiger partial charge in [0.2, 0.25) is 0 Å². The molecule has 0 spiro atoms. The molecule has 0 saturated carbocycles. The van der Waals surface area contributed by atoms with Crippen LogP contribution in [0, 0.1) is 5.82 Å². The molecule has 0 fully saturated rings. The van der Waals surface area contributed by atoms with E-state index in [0.717, 1.165) is 0 Å². The smallest absolute Gasteiger partial charge is 0.146 e. The number of nitrogens with two attached hydrogens (primary N) is 1. The molecule has 0 radical (unpaired) electrons. The van der Waals surface area contributed by atoms with E-state index in [1.165, 1.54) is 6.07 Å². The van der Waals surface area contributed by atoms with Gasteiger partial charge in [-0.3, -0.25) is 4.98 Å². The summed E-state index contributed by atoms with van der Waals surface area (Å²) in [4.78, 5) is 3.88. The molecular weight excluding hydrogens is 155 g/mol. The lowest BCUT2D eigenvalue weighted by Gasteiger charge is -2.05. The minimum atomic E-state index is -0.373. The van der Waals surface area contributed by atoms with Crippen LogP contribution in [0.3, 0.4) is 0 Å². The van der Waals surface area contributed by atoms with E-state index in [1.807, 2.05) is 0 Å². The zero-order valence-electron chi connectivity index (χ0n) is 6.92. The van der Waals surface area contributed by atoms with E-state index in [2.05, 4.69) is 11.6 Å². The molecule has 0 saturated heterocycles. The maximum Gasteiger partial charge on any atom is 0.146 e. The minimum absolute atomic E-state index is 0.292. The first-order valence-corrected chi connectivity index (χ1v) is 3.68. The Labute approximate surface area is 70.9 Å². The van der Waals surface area contributed by atoms with Gasteiger partial charge in [0, 0.05) is 12.2 Å². The molecule has 0 aliphatic carbocycles. The van der Waals surface area contributed by atoms with Crippen molar-refractivity contribution in [3.63, 3.8) is 0 Å². The SMILES string of the molecule is C=Cc1cnc([C@@H](C)N)c(F)c1. The van der Waals surface area contributed by atoms with Crippen LogP contribution in [0.1, 0.15) is 24.2 Å². The van der Waals surface area contributed by atoms with Gasteiger partial charge in [-0.15, -0.1) is 0 Å². The third kappa shape index (κ3) is 1.68. The summed E-state index contributed by atoms with van der Waals surface area (Å²) in [5.74, 6) is -0.373. The van der Waals surface area contributed by atoms with Gasteiger partial charge in [-0.2, -0.15) is 0 Å². The van der Waals surface area contributed by atoms with Gasteiger partial charge in [-0.25, -0.2) is 4.39 Å². The third-order valence-electron chi connectivity index (χ3n) is 1.56. The van der Waals surface area contributed by atoms with Gasteiger partial charge >= 0.3 is 0 Å². The summed E-state index contributed by atoms with van der Waals surface area (Å²) >= 11 is 0. The average Bonchev–Trinajstić information content (AvgIpc) is 2.03. The summed E-state index contributed by atoms with van der Waals surface area (Å²) < 4.78 is 13.1. The van der Waals surface area contributed by atoms with Crippen LogP contribution < -0.4 is 5.73 Å². The van der Waals surface area contributed by atoms with E-state index in [-0.39, 0.29) is 11.9 Å². The Bertz CT molecular complexity index is 295. The third-order valence-corrected chi connectivity index (χ3v) is 1.56. The molecule has 1 aromatic heterocycles. The van der Waals surface area contributed by atoms with E-state index < -0.39 is 0 Å². The molecular formula is C9H11FN2. The lowest BCUT2D eigenvalue weighted by atomic mass is 10.2. The van der Waals surface area contributed by atoms with Crippen LogP contribution in [0.5, 0.6) is 0 Å². The van der Waals surface area contributed by atoms with Gasteiger partial charge in [0.05, 0.1) is 5.69 Å². The molecule has 0 aromatic carbocycles. The number of hydrogen-bond acceptors (Lipinski definition) is 2. The molecule has 1 aromatic rings. The van der Waals surface area contributed by atoms with Crippen molar-refractivity contribution < 1.29 is 4.39 Å². The van der Waals surface area contributed by atoms with Crippen molar-refractivity contribution in [3.8, 4) is 0 Å². The zero-order valence-corrected chi connectivity index (χ0v) is 6.92. The van der Waals surface area contributed by atoms with Gasteiger partial charge in [-0.1, -0.05) is 12.7 Å². The standard InChI is InChI=1S/C9H11FN2/c1-3-7-4-8(10)9(6(2)11)12-5-7/h3-6H,1,11H2,2H3/t6-/m1/s1. The Kier molecular flexibility index (Phi) is 2.55. The Morgan fingerprint density at radius 3 is 2.83 bits per heavy atom. The maximum atomic E-state index is 13.1. The van der Waals surface area contributed by atoms with Crippen LogP contribution in [0.4, 0.5) is 4.39 Å². The molecule has 0 unspecified atom stereocenters.